The number of rotatable bonds is 9. The zero-order valence-electron chi connectivity index (χ0n) is 19.0. The van der Waals surface area contributed by atoms with E-state index in [1.165, 1.54) is 12.8 Å². The number of likely N-dealkylation sites (N-methyl/N-ethyl adjacent to an activating group) is 2. The van der Waals surface area contributed by atoms with Crippen LogP contribution in [0.25, 0.3) is 0 Å². The summed E-state index contributed by atoms with van der Waals surface area (Å²) in [7, 11) is 8.74. The number of hydrogen-bond donors (Lipinski definition) is 0. The second-order valence-corrected chi connectivity index (χ2v) is 8.77. The van der Waals surface area contributed by atoms with Gasteiger partial charge in [-0.15, -0.1) is 5.56 Å². The summed E-state index contributed by atoms with van der Waals surface area (Å²) >= 11 is 0. The molecule has 2 nitrogen and oxygen atoms in total. The molecule has 1 aromatic carbocycles. The molecule has 0 radical (unpaired) electrons. The van der Waals surface area contributed by atoms with Crippen LogP contribution in [0.15, 0.2) is 0 Å². The topological polar surface area (TPSA) is 6.48 Å². The van der Waals surface area contributed by atoms with Gasteiger partial charge in [0.1, 0.15) is 0 Å². The minimum atomic E-state index is 0. The van der Waals surface area contributed by atoms with Crippen molar-refractivity contribution in [3.05, 3.63) is 27.8 Å². The van der Waals surface area contributed by atoms with E-state index in [4.69, 9.17) is 0 Å². The van der Waals surface area contributed by atoms with Gasteiger partial charge >= 0.3 is 51.4 Å². The first kappa shape index (κ1) is 25.9. The summed E-state index contributed by atoms with van der Waals surface area (Å²) < 4.78 is 0. The number of hydrogen-bond acceptors (Lipinski definition) is 2. The van der Waals surface area contributed by atoms with Crippen molar-refractivity contribution >= 4 is 0 Å². The SMILES string of the molecule is CC(C)c1c(CCN(C)C)c(C(C)C)[c-](CCN(C)C)c1C(C)C.[K+]. The standard InChI is InChI=1S/C22H41N2.K/c1-15(2)20-18(11-13-23(7)8)21(16(3)4)22(17(5)6)19(20)12-14-24(9)10;/h15-17H,11-14H2,1-10H3;/q-1;+1. The van der Waals surface area contributed by atoms with Crippen LogP contribution in [0.4, 0.5) is 0 Å². The zero-order chi connectivity index (χ0) is 18.6. The summed E-state index contributed by atoms with van der Waals surface area (Å²) in [5.41, 5.74) is 8.29. The molecule has 25 heavy (non-hydrogen) atoms. The van der Waals surface area contributed by atoms with Gasteiger partial charge in [-0.3, -0.25) is 0 Å². The molecule has 0 heterocycles. The third-order valence-corrected chi connectivity index (χ3v) is 4.94. The van der Waals surface area contributed by atoms with Gasteiger partial charge in [0.2, 0.25) is 0 Å². The molecule has 0 N–H and O–H groups in total. The van der Waals surface area contributed by atoms with Crippen LogP contribution in [0.5, 0.6) is 0 Å². The van der Waals surface area contributed by atoms with Crippen LogP contribution in [-0.2, 0) is 12.8 Å². The fourth-order valence-electron chi connectivity index (χ4n) is 4.02. The van der Waals surface area contributed by atoms with Crippen LogP contribution >= 0.6 is 0 Å². The Balaban J connectivity index is 0.00000576. The van der Waals surface area contributed by atoms with Gasteiger partial charge < -0.3 is 9.80 Å². The Morgan fingerprint density at radius 3 is 1.56 bits per heavy atom. The minimum Gasteiger partial charge on any atom is -0.310 e. The van der Waals surface area contributed by atoms with Crippen molar-refractivity contribution in [2.75, 3.05) is 41.3 Å². The fraction of sp³-hybridized carbons (Fsp3) is 0.773. The molecule has 0 unspecified atom stereocenters. The van der Waals surface area contributed by atoms with Gasteiger partial charge in [-0.25, -0.2) is 0 Å². The molecule has 0 saturated heterocycles. The first-order valence-electron chi connectivity index (χ1n) is 9.71. The van der Waals surface area contributed by atoms with E-state index in [2.05, 4.69) is 79.5 Å². The van der Waals surface area contributed by atoms with Crippen molar-refractivity contribution in [1.82, 2.24) is 9.80 Å². The molecule has 3 heteroatoms. The molecule has 0 aliphatic rings. The van der Waals surface area contributed by atoms with Gasteiger partial charge in [0, 0.05) is 0 Å². The van der Waals surface area contributed by atoms with Gasteiger partial charge in [0.15, 0.2) is 0 Å². The van der Waals surface area contributed by atoms with Crippen LogP contribution in [0, 0.1) is 0 Å². The van der Waals surface area contributed by atoms with Crippen molar-refractivity contribution in [1.29, 1.82) is 0 Å². The van der Waals surface area contributed by atoms with Gasteiger partial charge in [-0.05, 0) is 53.1 Å². The maximum absolute atomic E-state index is 2.38. The van der Waals surface area contributed by atoms with E-state index >= 15 is 0 Å². The van der Waals surface area contributed by atoms with E-state index < -0.39 is 0 Å². The fourth-order valence-corrected chi connectivity index (χ4v) is 4.02. The summed E-state index contributed by atoms with van der Waals surface area (Å²) in [6.07, 6.45) is 2.35. The van der Waals surface area contributed by atoms with Crippen LogP contribution in [-0.4, -0.2) is 51.1 Å². The van der Waals surface area contributed by atoms with Crippen molar-refractivity contribution < 1.29 is 51.4 Å². The van der Waals surface area contributed by atoms with Crippen molar-refractivity contribution in [2.24, 2.45) is 0 Å². The molecular weight excluding hydrogens is 331 g/mol. The maximum Gasteiger partial charge on any atom is 1.00 e. The molecule has 1 aromatic rings. The Morgan fingerprint density at radius 2 is 1.20 bits per heavy atom. The molecular formula is C22H41KN2. The van der Waals surface area contributed by atoms with Gasteiger partial charge in [0.25, 0.3) is 0 Å². The molecule has 0 spiro atoms. The second-order valence-electron chi connectivity index (χ2n) is 8.77. The van der Waals surface area contributed by atoms with E-state index in [9.17, 15) is 0 Å². The Bertz CT molecular complexity index is 469. The predicted molar refractivity (Wildman–Crippen MR) is 109 cm³/mol. The summed E-state index contributed by atoms with van der Waals surface area (Å²) in [5.74, 6) is 1.81. The zero-order valence-corrected chi connectivity index (χ0v) is 22.1. The number of nitrogens with zero attached hydrogens (tertiary/aromatic N) is 2. The summed E-state index contributed by atoms with van der Waals surface area (Å²) in [5, 5.41) is 0. The Labute approximate surface area is 200 Å². The Hall–Kier alpha value is 0.906. The molecule has 0 saturated carbocycles. The Morgan fingerprint density at radius 1 is 0.720 bits per heavy atom. The van der Waals surface area contributed by atoms with Crippen LogP contribution in [0.1, 0.15) is 87.1 Å². The van der Waals surface area contributed by atoms with Crippen molar-refractivity contribution in [3.8, 4) is 0 Å². The molecule has 0 aliphatic carbocycles. The summed E-state index contributed by atoms with van der Waals surface area (Å²) in [4.78, 5) is 4.63. The van der Waals surface area contributed by atoms with E-state index in [1.807, 2.05) is 0 Å². The first-order valence-corrected chi connectivity index (χ1v) is 9.71. The van der Waals surface area contributed by atoms with Crippen LogP contribution in [0.3, 0.4) is 0 Å². The smallest absolute Gasteiger partial charge is 0.310 e. The van der Waals surface area contributed by atoms with Crippen LogP contribution in [0.2, 0.25) is 0 Å². The predicted octanol–water partition coefficient (Wildman–Crippen LogP) is 1.99. The van der Waals surface area contributed by atoms with Crippen molar-refractivity contribution in [2.45, 2.75) is 72.1 Å². The molecule has 0 amide bonds. The monoisotopic (exact) mass is 372 g/mol. The van der Waals surface area contributed by atoms with E-state index in [0.717, 1.165) is 13.1 Å². The molecule has 0 fully saturated rings. The maximum atomic E-state index is 2.38. The first-order chi connectivity index (χ1) is 11.1. The minimum absolute atomic E-state index is 0. The third-order valence-electron chi connectivity index (χ3n) is 4.94. The molecule has 0 aromatic heterocycles. The third kappa shape index (κ3) is 7.10. The molecule has 0 aliphatic heterocycles. The summed E-state index contributed by atoms with van der Waals surface area (Å²) in [6, 6.07) is 0. The van der Waals surface area contributed by atoms with Gasteiger partial charge in [0.05, 0.1) is 0 Å². The van der Waals surface area contributed by atoms with E-state index in [-0.39, 0.29) is 51.4 Å². The Kier molecular flexibility index (Phi) is 12.1. The van der Waals surface area contributed by atoms with Gasteiger partial charge in [-0.2, -0.15) is 22.3 Å². The second kappa shape index (κ2) is 11.7. The largest absolute Gasteiger partial charge is 1.00 e. The quantitative estimate of drug-likeness (QED) is 0.483. The summed E-state index contributed by atoms with van der Waals surface area (Å²) in [6.45, 7) is 16.5. The molecule has 1 rings (SSSR count). The van der Waals surface area contributed by atoms with Gasteiger partial charge in [-0.1, -0.05) is 60.3 Å². The average molecular weight is 373 g/mol. The average Bonchev–Trinajstić information content (AvgIpc) is 2.77. The molecule has 140 valence electrons. The van der Waals surface area contributed by atoms with Crippen LogP contribution < -0.4 is 51.4 Å². The molecule has 0 atom stereocenters. The van der Waals surface area contributed by atoms with E-state index in [1.54, 1.807) is 27.8 Å². The van der Waals surface area contributed by atoms with E-state index in [0.29, 0.717) is 17.8 Å². The molecule has 0 bridgehead atoms. The normalized spacial score (nSPS) is 12.1. The van der Waals surface area contributed by atoms with Crippen molar-refractivity contribution in [3.63, 3.8) is 0 Å².